The Labute approximate surface area is 213 Å². The van der Waals surface area contributed by atoms with E-state index in [2.05, 4.69) is 5.32 Å². The Morgan fingerprint density at radius 1 is 0.919 bits per heavy atom. The number of nitrogens with one attached hydrogen (secondary N) is 1. The fourth-order valence-electron chi connectivity index (χ4n) is 3.97. The van der Waals surface area contributed by atoms with Crippen LogP contribution in [0.15, 0.2) is 72.8 Å². The van der Waals surface area contributed by atoms with E-state index >= 15 is 0 Å². The summed E-state index contributed by atoms with van der Waals surface area (Å²) in [5.74, 6) is -0.810. The van der Waals surface area contributed by atoms with Crippen LogP contribution >= 0.6 is 0 Å². The Morgan fingerprint density at radius 3 is 2.27 bits per heavy atom. The highest BCUT2D eigenvalue weighted by Gasteiger charge is 2.29. The van der Waals surface area contributed by atoms with Crippen molar-refractivity contribution in [1.29, 1.82) is 0 Å². The number of halogens is 3. The molecule has 37 heavy (non-hydrogen) atoms. The first-order valence-electron chi connectivity index (χ1n) is 11.9. The zero-order valence-corrected chi connectivity index (χ0v) is 20.1. The zero-order chi connectivity index (χ0) is 26.3. The summed E-state index contributed by atoms with van der Waals surface area (Å²) in [7, 11) is 0. The number of hydrogen-bond acceptors (Lipinski definition) is 5. The summed E-state index contributed by atoms with van der Waals surface area (Å²) in [4.78, 5) is 27.5. The van der Waals surface area contributed by atoms with Crippen LogP contribution in [0.3, 0.4) is 0 Å². The standard InChI is InChI=1S/C28H27F3N2O4/c29-28(30,31)19-37-26-11-10-23(17-24(26)32-27(35)18-33-12-14-36-15-13-33)25(34)16-20-6-8-22(9-7-20)21-4-2-1-3-5-21/h1-11,17H,12-16,18-19H2,(H,32,35). The first-order valence-corrected chi connectivity index (χ1v) is 11.9. The van der Waals surface area contributed by atoms with E-state index in [-0.39, 0.29) is 35.7 Å². The summed E-state index contributed by atoms with van der Waals surface area (Å²) in [6.45, 7) is 0.695. The third-order valence-electron chi connectivity index (χ3n) is 5.86. The molecule has 0 atom stereocenters. The number of morpholine rings is 1. The Kier molecular flexibility index (Phi) is 8.58. The summed E-state index contributed by atoms with van der Waals surface area (Å²) < 4.78 is 48.4. The lowest BCUT2D eigenvalue weighted by atomic mass is 9.99. The van der Waals surface area contributed by atoms with Gasteiger partial charge in [-0.3, -0.25) is 14.5 Å². The fraction of sp³-hybridized carbons (Fsp3) is 0.286. The van der Waals surface area contributed by atoms with Gasteiger partial charge in [-0.25, -0.2) is 0 Å². The van der Waals surface area contributed by atoms with Crippen molar-refractivity contribution in [3.05, 3.63) is 83.9 Å². The number of ketones is 1. The van der Waals surface area contributed by atoms with Crippen LogP contribution in [-0.2, 0) is 16.0 Å². The molecule has 1 N–H and O–H groups in total. The van der Waals surface area contributed by atoms with Gasteiger partial charge in [-0.05, 0) is 34.9 Å². The van der Waals surface area contributed by atoms with E-state index in [4.69, 9.17) is 9.47 Å². The summed E-state index contributed by atoms with van der Waals surface area (Å²) >= 11 is 0. The molecule has 0 aliphatic carbocycles. The van der Waals surface area contributed by atoms with E-state index in [0.29, 0.717) is 26.3 Å². The second-order valence-electron chi connectivity index (χ2n) is 8.71. The number of benzene rings is 3. The number of hydrogen-bond donors (Lipinski definition) is 1. The van der Waals surface area contributed by atoms with E-state index < -0.39 is 18.7 Å². The lowest BCUT2D eigenvalue weighted by molar-refractivity contribution is -0.153. The number of amides is 1. The van der Waals surface area contributed by atoms with Crippen LogP contribution in [0.2, 0.25) is 0 Å². The minimum absolute atomic E-state index is 0.0211. The molecule has 0 spiro atoms. The number of rotatable bonds is 9. The van der Waals surface area contributed by atoms with Crippen molar-refractivity contribution in [2.75, 3.05) is 44.8 Å². The van der Waals surface area contributed by atoms with Crippen LogP contribution in [0, 0.1) is 0 Å². The van der Waals surface area contributed by atoms with Gasteiger partial charge >= 0.3 is 6.18 Å². The Hall–Kier alpha value is -3.69. The highest BCUT2D eigenvalue weighted by atomic mass is 19.4. The average Bonchev–Trinajstić information content (AvgIpc) is 2.89. The maximum Gasteiger partial charge on any atom is 0.422 e. The monoisotopic (exact) mass is 512 g/mol. The molecule has 3 aromatic rings. The first kappa shape index (κ1) is 26.4. The molecule has 6 nitrogen and oxygen atoms in total. The predicted molar refractivity (Wildman–Crippen MR) is 134 cm³/mol. The van der Waals surface area contributed by atoms with Crippen molar-refractivity contribution in [3.8, 4) is 16.9 Å². The molecule has 1 aliphatic heterocycles. The third-order valence-corrected chi connectivity index (χ3v) is 5.86. The number of alkyl halides is 3. The SMILES string of the molecule is O=C(CN1CCOCC1)Nc1cc(C(=O)Cc2ccc(-c3ccccc3)cc2)ccc1OCC(F)(F)F. The molecule has 194 valence electrons. The molecule has 9 heteroatoms. The number of nitrogens with zero attached hydrogens (tertiary/aromatic N) is 1. The van der Waals surface area contributed by atoms with Crippen molar-refractivity contribution in [3.63, 3.8) is 0 Å². The van der Waals surface area contributed by atoms with Crippen LogP contribution in [0.4, 0.5) is 18.9 Å². The highest BCUT2D eigenvalue weighted by Crippen LogP contribution is 2.29. The molecule has 4 rings (SSSR count). The summed E-state index contributed by atoms with van der Waals surface area (Å²) in [5.41, 5.74) is 3.15. The van der Waals surface area contributed by atoms with Crippen LogP contribution in [-0.4, -0.2) is 62.2 Å². The number of carbonyl (C=O) groups excluding carboxylic acids is 2. The van der Waals surface area contributed by atoms with E-state index in [1.807, 2.05) is 59.5 Å². The van der Waals surface area contributed by atoms with Gasteiger partial charge in [-0.15, -0.1) is 0 Å². The second-order valence-corrected chi connectivity index (χ2v) is 8.71. The van der Waals surface area contributed by atoms with Gasteiger partial charge in [0.05, 0.1) is 25.4 Å². The molecular weight excluding hydrogens is 485 g/mol. The summed E-state index contributed by atoms with van der Waals surface area (Å²) in [6.07, 6.45) is -4.45. The van der Waals surface area contributed by atoms with E-state index in [0.717, 1.165) is 16.7 Å². The molecule has 1 heterocycles. The molecule has 3 aromatic carbocycles. The molecule has 0 radical (unpaired) electrons. The van der Waals surface area contributed by atoms with Gasteiger partial charge in [0.25, 0.3) is 0 Å². The van der Waals surface area contributed by atoms with Gasteiger partial charge in [0.2, 0.25) is 5.91 Å². The maximum absolute atomic E-state index is 13.0. The molecule has 1 amide bonds. The summed E-state index contributed by atoms with van der Waals surface area (Å²) in [5, 5.41) is 2.61. The fourth-order valence-corrected chi connectivity index (χ4v) is 3.97. The molecule has 0 bridgehead atoms. The Bertz CT molecular complexity index is 1210. The van der Waals surface area contributed by atoms with Crippen molar-refractivity contribution in [1.82, 2.24) is 4.90 Å². The second kappa shape index (κ2) is 12.0. The third kappa shape index (κ3) is 7.90. The minimum atomic E-state index is -4.55. The molecule has 1 saturated heterocycles. The minimum Gasteiger partial charge on any atom is -0.482 e. The normalized spacial score (nSPS) is 14.2. The number of carbonyl (C=O) groups is 2. The molecule has 0 saturated carbocycles. The van der Waals surface area contributed by atoms with E-state index in [9.17, 15) is 22.8 Å². The lowest BCUT2D eigenvalue weighted by Gasteiger charge is -2.26. The van der Waals surface area contributed by atoms with Crippen molar-refractivity contribution in [2.45, 2.75) is 12.6 Å². The molecular formula is C28H27F3N2O4. The first-order chi connectivity index (χ1) is 17.8. The molecule has 0 unspecified atom stereocenters. The van der Waals surface area contributed by atoms with Gasteiger partial charge in [0, 0.05) is 25.1 Å². The quantitative estimate of drug-likeness (QED) is 0.409. The van der Waals surface area contributed by atoms with Gasteiger partial charge in [0.15, 0.2) is 12.4 Å². The number of ether oxygens (including phenoxy) is 2. The van der Waals surface area contributed by atoms with Crippen LogP contribution in [0.5, 0.6) is 5.75 Å². The Morgan fingerprint density at radius 2 is 1.59 bits per heavy atom. The van der Waals surface area contributed by atoms with Crippen molar-refractivity contribution >= 4 is 17.4 Å². The zero-order valence-electron chi connectivity index (χ0n) is 20.1. The van der Waals surface area contributed by atoms with E-state index in [1.54, 1.807) is 0 Å². The average molecular weight is 513 g/mol. The lowest BCUT2D eigenvalue weighted by Crippen LogP contribution is -2.41. The smallest absolute Gasteiger partial charge is 0.422 e. The van der Waals surface area contributed by atoms with Gasteiger partial charge in [0.1, 0.15) is 5.75 Å². The van der Waals surface area contributed by atoms with Crippen molar-refractivity contribution in [2.24, 2.45) is 0 Å². The highest BCUT2D eigenvalue weighted by molar-refractivity contribution is 6.00. The molecule has 1 fully saturated rings. The van der Waals surface area contributed by atoms with Gasteiger partial charge in [-0.1, -0.05) is 54.6 Å². The molecule has 0 aromatic heterocycles. The number of anilines is 1. The van der Waals surface area contributed by atoms with Crippen LogP contribution in [0.25, 0.3) is 11.1 Å². The van der Waals surface area contributed by atoms with Crippen LogP contribution < -0.4 is 10.1 Å². The topological polar surface area (TPSA) is 67.9 Å². The van der Waals surface area contributed by atoms with E-state index in [1.165, 1.54) is 18.2 Å². The van der Waals surface area contributed by atoms with Crippen LogP contribution in [0.1, 0.15) is 15.9 Å². The van der Waals surface area contributed by atoms with Crippen molar-refractivity contribution < 1.29 is 32.2 Å². The largest absolute Gasteiger partial charge is 0.482 e. The van der Waals surface area contributed by atoms with Gasteiger partial charge in [-0.2, -0.15) is 13.2 Å². The Balaban J connectivity index is 1.47. The molecule has 1 aliphatic rings. The van der Waals surface area contributed by atoms with Gasteiger partial charge < -0.3 is 14.8 Å². The maximum atomic E-state index is 13.0. The number of Topliss-reactive ketones (excluding diaryl/α,β-unsaturated/α-hetero) is 1. The summed E-state index contributed by atoms with van der Waals surface area (Å²) in [6, 6.07) is 21.5. The predicted octanol–water partition coefficient (Wildman–Crippen LogP) is 4.99.